The number of benzene rings is 2. The van der Waals surface area contributed by atoms with Crippen LogP contribution in [0.15, 0.2) is 30.3 Å². The van der Waals surface area contributed by atoms with Gasteiger partial charge >= 0.3 is 0 Å². The SMILES string of the molecule is Cc1ccc(C)c(Oc2cccc(Cl)c2C#N)c1C. The molecule has 3 heteroatoms. The molecule has 2 aromatic rings. The van der Waals surface area contributed by atoms with E-state index in [1.165, 1.54) is 0 Å². The van der Waals surface area contributed by atoms with Gasteiger partial charge in [-0.05, 0) is 49.6 Å². The smallest absolute Gasteiger partial charge is 0.146 e. The first kappa shape index (κ1) is 13.5. The fourth-order valence-corrected chi connectivity index (χ4v) is 2.10. The summed E-state index contributed by atoms with van der Waals surface area (Å²) >= 11 is 6.00. The van der Waals surface area contributed by atoms with Crippen molar-refractivity contribution in [2.24, 2.45) is 0 Å². The van der Waals surface area contributed by atoms with Crippen LogP contribution in [0.25, 0.3) is 0 Å². The molecular weight excluding hydrogens is 258 g/mol. The molecule has 0 unspecified atom stereocenters. The molecule has 0 spiro atoms. The number of hydrogen-bond donors (Lipinski definition) is 0. The molecule has 2 aromatic carbocycles. The van der Waals surface area contributed by atoms with Crippen molar-refractivity contribution in [3.63, 3.8) is 0 Å². The normalized spacial score (nSPS) is 10.1. The van der Waals surface area contributed by atoms with Gasteiger partial charge in [0.2, 0.25) is 0 Å². The minimum atomic E-state index is 0.365. The molecule has 0 saturated heterocycles. The van der Waals surface area contributed by atoms with Crippen LogP contribution in [0.1, 0.15) is 22.3 Å². The molecule has 19 heavy (non-hydrogen) atoms. The summed E-state index contributed by atoms with van der Waals surface area (Å²) in [5.41, 5.74) is 3.63. The van der Waals surface area contributed by atoms with Gasteiger partial charge in [-0.25, -0.2) is 0 Å². The largest absolute Gasteiger partial charge is 0.455 e. The highest BCUT2D eigenvalue weighted by Gasteiger charge is 2.12. The van der Waals surface area contributed by atoms with E-state index in [9.17, 15) is 0 Å². The van der Waals surface area contributed by atoms with Crippen LogP contribution in [0, 0.1) is 32.1 Å². The minimum absolute atomic E-state index is 0.365. The van der Waals surface area contributed by atoms with Crippen LogP contribution in [0.4, 0.5) is 0 Å². The molecule has 0 saturated carbocycles. The van der Waals surface area contributed by atoms with Gasteiger partial charge in [-0.3, -0.25) is 0 Å². The molecule has 0 aliphatic rings. The van der Waals surface area contributed by atoms with Crippen molar-refractivity contribution in [1.82, 2.24) is 0 Å². The van der Waals surface area contributed by atoms with Crippen molar-refractivity contribution in [2.45, 2.75) is 20.8 Å². The Morgan fingerprint density at radius 2 is 1.74 bits per heavy atom. The summed E-state index contributed by atoms with van der Waals surface area (Å²) in [6.07, 6.45) is 0. The first-order valence-corrected chi connectivity index (χ1v) is 6.35. The second kappa shape index (κ2) is 5.34. The lowest BCUT2D eigenvalue weighted by Gasteiger charge is -2.14. The molecule has 0 radical (unpaired) electrons. The third-order valence-electron chi connectivity index (χ3n) is 3.17. The molecule has 0 atom stereocenters. The molecule has 0 bridgehead atoms. The van der Waals surface area contributed by atoms with E-state index < -0.39 is 0 Å². The van der Waals surface area contributed by atoms with Gasteiger partial charge in [0.25, 0.3) is 0 Å². The van der Waals surface area contributed by atoms with Gasteiger partial charge in [0, 0.05) is 0 Å². The third-order valence-corrected chi connectivity index (χ3v) is 3.49. The quantitative estimate of drug-likeness (QED) is 0.776. The molecule has 0 fully saturated rings. The molecule has 0 heterocycles. The van der Waals surface area contributed by atoms with Gasteiger partial charge in [0.05, 0.1) is 5.02 Å². The highest BCUT2D eigenvalue weighted by molar-refractivity contribution is 6.31. The fraction of sp³-hybridized carbons (Fsp3) is 0.188. The molecule has 96 valence electrons. The topological polar surface area (TPSA) is 33.0 Å². The van der Waals surface area contributed by atoms with Crippen LogP contribution in [0.5, 0.6) is 11.5 Å². The predicted molar refractivity (Wildman–Crippen MR) is 76.9 cm³/mol. The summed E-state index contributed by atoms with van der Waals surface area (Å²) in [6.45, 7) is 6.03. The Bertz CT molecular complexity index is 671. The van der Waals surface area contributed by atoms with Gasteiger partial charge in [-0.15, -0.1) is 0 Å². The van der Waals surface area contributed by atoms with E-state index in [0.29, 0.717) is 16.3 Å². The number of aryl methyl sites for hydroxylation is 2. The minimum Gasteiger partial charge on any atom is -0.455 e. The number of hydrogen-bond acceptors (Lipinski definition) is 2. The van der Waals surface area contributed by atoms with Crippen LogP contribution in [-0.4, -0.2) is 0 Å². The van der Waals surface area contributed by atoms with E-state index in [2.05, 4.69) is 12.1 Å². The number of halogens is 1. The summed E-state index contributed by atoms with van der Waals surface area (Å²) in [4.78, 5) is 0. The average molecular weight is 272 g/mol. The molecule has 0 N–H and O–H groups in total. The van der Waals surface area contributed by atoms with E-state index in [1.54, 1.807) is 18.2 Å². The zero-order valence-corrected chi connectivity index (χ0v) is 11.9. The Balaban J connectivity index is 2.52. The lowest BCUT2D eigenvalue weighted by Crippen LogP contribution is -1.95. The van der Waals surface area contributed by atoms with Gasteiger partial charge in [0.15, 0.2) is 0 Å². The number of nitrogens with zero attached hydrogens (tertiary/aromatic N) is 1. The zero-order chi connectivity index (χ0) is 14.0. The summed E-state index contributed by atoms with van der Waals surface area (Å²) in [5, 5.41) is 9.56. The monoisotopic (exact) mass is 271 g/mol. The lowest BCUT2D eigenvalue weighted by atomic mass is 10.1. The van der Waals surface area contributed by atoms with Gasteiger partial charge in [-0.2, -0.15) is 5.26 Å². The maximum absolute atomic E-state index is 9.16. The molecule has 0 aromatic heterocycles. The van der Waals surface area contributed by atoms with Crippen molar-refractivity contribution in [3.8, 4) is 17.6 Å². The molecular formula is C16H14ClNO. The third kappa shape index (κ3) is 2.57. The Labute approximate surface area is 118 Å². The standard InChI is InChI=1S/C16H14ClNO/c1-10-7-8-11(2)16(12(10)3)19-15-6-4-5-14(17)13(15)9-18/h4-8H,1-3H3. The average Bonchev–Trinajstić information content (AvgIpc) is 2.39. The zero-order valence-electron chi connectivity index (χ0n) is 11.1. The second-order valence-electron chi connectivity index (χ2n) is 4.48. The van der Waals surface area contributed by atoms with E-state index in [0.717, 1.165) is 22.4 Å². The Morgan fingerprint density at radius 1 is 1.05 bits per heavy atom. The first-order chi connectivity index (χ1) is 9.04. The Morgan fingerprint density at radius 3 is 2.42 bits per heavy atom. The first-order valence-electron chi connectivity index (χ1n) is 5.98. The molecule has 0 amide bonds. The second-order valence-corrected chi connectivity index (χ2v) is 4.89. The van der Waals surface area contributed by atoms with Crippen LogP contribution >= 0.6 is 11.6 Å². The molecule has 2 rings (SSSR count). The summed E-state index contributed by atoms with van der Waals surface area (Å²) in [6, 6.07) is 11.4. The van der Waals surface area contributed by atoms with Crippen molar-refractivity contribution < 1.29 is 4.74 Å². The predicted octanol–water partition coefficient (Wildman–Crippen LogP) is 4.93. The number of ether oxygens (including phenoxy) is 1. The highest BCUT2D eigenvalue weighted by atomic mass is 35.5. The van der Waals surface area contributed by atoms with Gasteiger partial charge < -0.3 is 4.74 Å². The van der Waals surface area contributed by atoms with Crippen LogP contribution in [-0.2, 0) is 0 Å². The van der Waals surface area contributed by atoms with Crippen LogP contribution in [0.2, 0.25) is 5.02 Å². The van der Waals surface area contributed by atoms with E-state index in [1.807, 2.05) is 26.8 Å². The fourth-order valence-electron chi connectivity index (χ4n) is 1.89. The Hall–Kier alpha value is -1.98. The highest BCUT2D eigenvalue weighted by Crippen LogP contribution is 2.34. The maximum Gasteiger partial charge on any atom is 0.146 e. The van der Waals surface area contributed by atoms with Gasteiger partial charge in [0.1, 0.15) is 23.1 Å². The number of nitriles is 1. The maximum atomic E-state index is 9.16. The van der Waals surface area contributed by atoms with E-state index >= 15 is 0 Å². The Kier molecular flexibility index (Phi) is 3.78. The summed E-state index contributed by atoms with van der Waals surface area (Å²) in [5.74, 6) is 1.28. The summed E-state index contributed by atoms with van der Waals surface area (Å²) in [7, 11) is 0. The van der Waals surface area contributed by atoms with Crippen LogP contribution in [0.3, 0.4) is 0 Å². The van der Waals surface area contributed by atoms with Crippen molar-refractivity contribution in [2.75, 3.05) is 0 Å². The lowest BCUT2D eigenvalue weighted by molar-refractivity contribution is 0.473. The van der Waals surface area contributed by atoms with Crippen molar-refractivity contribution in [1.29, 1.82) is 5.26 Å². The van der Waals surface area contributed by atoms with Crippen LogP contribution < -0.4 is 4.74 Å². The van der Waals surface area contributed by atoms with E-state index in [4.69, 9.17) is 21.6 Å². The van der Waals surface area contributed by atoms with Gasteiger partial charge in [-0.1, -0.05) is 29.8 Å². The molecule has 2 nitrogen and oxygen atoms in total. The molecule has 0 aliphatic carbocycles. The summed E-state index contributed by atoms with van der Waals surface area (Å²) < 4.78 is 5.92. The molecule has 0 aliphatic heterocycles. The van der Waals surface area contributed by atoms with Crippen molar-refractivity contribution >= 4 is 11.6 Å². The number of rotatable bonds is 2. The van der Waals surface area contributed by atoms with E-state index in [-0.39, 0.29) is 0 Å². The van der Waals surface area contributed by atoms with Crippen molar-refractivity contribution in [3.05, 3.63) is 57.6 Å².